The fraction of sp³-hybridized carbons (Fsp3) is 0.882. The third-order valence-electron chi connectivity index (χ3n) is 5.42. The van der Waals surface area contributed by atoms with Gasteiger partial charge in [-0.2, -0.15) is 0 Å². The van der Waals surface area contributed by atoms with Crippen LogP contribution in [-0.2, 0) is 0 Å². The average Bonchev–Trinajstić information content (AvgIpc) is 3.10. The van der Waals surface area contributed by atoms with Crippen molar-refractivity contribution in [1.29, 1.82) is 0 Å². The monoisotopic (exact) mass is 262 g/mol. The van der Waals surface area contributed by atoms with E-state index in [1.807, 2.05) is 0 Å². The molecule has 0 aromatic carbocycles. The zero-order valence-electron chi connectivity index (χ0n) is 12.3. The summed E-state index contributed by atoms with van der Waals surface area (Å²) in [7, 11) is 0. The van der Waals surface area contributed by atoms with E-state index in [1.54, 1.807) is 5.57 Å². The molecule has 1 heterocycles. The van der Waals surface area contributed by atoms with Crippen molar-refractivity contribution in [3.8, 4) is 0 Å². The van der Waals surface area contributed by atoms with Crippen LogP contribution >= 0.6 is 0 Å². The number of rotatable bonds is 5. The molecule has 0 radical (unpaired) electrons. The molecule has 3 rings (SSSR count). The first-order chi connectivity index (χ1) is 9.43. The first-order valence-electron chi connectivity index (χ1n) is 8.58. The van der Waals surface area contributed by atoms with Gasteiger partial charge in [-0.15, -0.1) is 0 Å². The standard InChI is InChI=1S/C17H30N2/c1-2-6-14(7-3-1)11-13-19-16-9-4-8-15(16)17-10-5-12-18-17/h6,15-19H,1-5,7-13H2. The van der Waals surface area contributed by atoms with Crippen molar-refractivity contribution in [2.75, 3.05) is 13.1 Å². The third kappa shape index (κ3) is 3.61. The highest BCUT2D eigenvalue weighted by molar-refractivity contribution is 5.05. The summed E-state index contributed by atoms with van der Waals surface area (Å²) in [5.41, 5.74) is 1.72. The fourth-order valence-corrected chi connectivity index (χ4v) is 4.35. The van der Waals surface area contributed by atoms with Crippen molar-refractivity contribution in [3.05, 3.63) is 11.6 Å². The van der Waals surface area contributed by atoms with Crippen molar-refractivity contribution < 1.29 is 0 Å². The van der Waals surface area contributed by atoms with Crippen molar-refractivity contribution in [2.45, 2.75) is 76.3 Å². The molecule has 2 fully saturated rings. The van der Waals surface area contributed by atoms with Gasteiger partial charge in [-0.1, -0.05) is 18.1 Å². The van der Waals surface area contributed by atoms with Crippen LogP contribution in [0.2, 0.25) is 0 Å². The molecule has 0 aromatic heterocycles. The molecule has 2 aliphatic carbocycles. The second kappa shape index (κ2) is 6.90. The molecule has 2 heteroatoms. The number of hydrogen-bond donors (Lipinski definition) is 2. The van der Waals surface area contributed by atoms with Gasteiger partial charge in [0.25, 0.3) is 0 Å². The van der Waals surface area contributed by atoms with Crippen LogP contribution in [0.3, 0.4) is 0 Å². The van der Waals surface area contributed by atoms with Gasteiger partial charge in [0, 0.05) is 12.1 Å². The maximum atomic E-state index is 3.88. The fourth-order valence-electron chi connectivity index (χ4n) is 4.35. The maximum Gasteiger partial charge on any atom is 0.0111 e. The van der Waals surface area contributed by atoms with Gasteiger partial charge in [-0.25, -0.2) is 0 Å². The smallest absolute Gasteiger partial charge is 0.0111 e. The lowest BCUT2D eigenvalue weighted by Crippen LogP contribution is -2.42. The molecule has 0 bridgehead atoms. The van der Waals surface area contributed by atoms with Gasteiger partial charge in [0.1, 0.15) is 0 Å². The molecule has 1 aliphatic heterocycles. The van der Waals surface area contributed by atoms with Crippen LogP contribution in [0.5, 0.6) is 0 Å². The number of hydrogen-bond acceptors (Lipinski definition) is 2. The van der Waals surface area contributed by atoms with Gasteiger partial charge < -0.3 is 10.6 Å². The SMILES string of the molecule is C1=C(CCNC2CCCC2C2CCCN2)CCCC1. The molecule has 3 atom stereocenters. The van der Waals surface area contributed by atoms with E-state index in [-0.39, 0.29) is 0 Å². The summed E-state index contributed by atoms with van der Waals surface area (Å²) in [5.74, 6) is 0.905. The third-order valence-corrected chi connectivity index (χ3v) is 5.42. The quantitative estimate of drug-likeness (QED) is 0.742. The van der Waals surface area contributed by atoms with Crippen LogP contribution in [-0.4, -0.2) is 25.2 Å². The molecule has 19 heavy (non-hydrogen) atoms. The summed E-state index contributed by atoms with van der Waals surface area (Å²) in [5, 5.41) is 7.59. The lowest BCUT2D eigenvalue weighted by Gasteiger charge is -2.27. The summed E-state index contributed by atoms with van der Waals surface area (Å²) < 4.78 is 0. The lowest BCUT2D eigenvalue weighted by molar-refractivity contribution is 0.322. The lowest BCUT2D eigenvalue weighted by atomic mass is 9.92. The van der Waals surface area contributed by atoms with E-state index in [9.17, 15) is 0 Å². The molecule has 2 N–H and O–H groups in total. The van der Waals surface area contributed by atoms with Crippen molar-refractivity contribution in [2.24, 2.45) is 5.92 Å². The van der Waals surface area contributed by atoms with Gasteiger partial charge in [-0.3, -0.25) is 0 Å². The largest absolute Gasteiger partial charge is 0.314 e. The Hall–Kier alpha value is -0.340. The minimum atomic E-state index is 0.791. The summed E-state index contributed by atoms with van der Waals surface area (Å²) in [6.45, 7) is 2.46. The second-order valence-corrected chi connectivity index (χ2v) is 6.72. The molecular weight excluding hydrogens is 232 g/mol. The highest BCUT2D eigenvalue weighted by atomic mass is 15.0. The zero-order valence-corrected chi connectivity index (χ0v) is 12.3. The molecular formula is C17H30N2. The van der Waals surface area contributed by atoms with Gasteiger partial charge in [0.05, 0.1) is 0 Å². The minimum absolute atomic E-state index is 0.791. The van der Waals surface area contributed by atoms with Crippen LogP contribution < -0.4 is 10.6 Å². The van der Waals surface area contributed by atoms with Gasteiger partial charge in [0.2, 0.25) is 0 Å². The molecule has 0 spiro atoms. The highest BCUT2D eigenvalue weighted by Gasteiger charge is 2.34. The summed E-state index contributed by atoms with van der Waals surface area (Å²) >= 11 is 0. The Labute approximate surface area is 118 Å². The van der Waals surface area contributed by atoms with Crippen LogP contribution in [0.1, 0.15) is 64.2 Å². The van der Waals surface area contributed by atoms with E-state index >= 15 is 0 Å². The Morgan fingerprint density at radius 2 is 2.11 bits per heavy atom. The molecule has 2 nitrogen and oxygen atoms in total. The Morgan fingerprint density at radius 3 is 2.89 bits per heavy atom. The predicted molar refractivity (Wildman–Crippen MR) is 81.3 cm³/mol. The van der Waals surface area contributed by atoms with E-state index in [4.69, 9.17) is 0 Å². The van der Waals surface area contributed by atoms with Crippen molar-refractivity contribution >= 4 is 0 Å². The minimum Gasteiger partial charge on any atom is -0.314 e. The molecule has 0 amide bonds. The molecule has 0 aromatic rings. The van der Waals surface area contributed by atoms with Crippen LogP contribution in [0.4, 0.5) is 0 Å². The second-order valence-electron chi connectivity index (χ2n) is 6.72. The van der Waals surface area contributed by atoms with Crippen molar-refractivity contribution in [3.63, 3.8) is 0 Å². The van der Waals surface area contributed by atoms with Gasteiger partial charge >= 0.3 is 0 Å². The van der Waals surface area contributed by atoms with Crippen LogP contribution in [0, 0.1) is 5.92 Å². The van der Waals surface area contributed by atoms with E-state index in [2.05, 4.69) is 16.7 Å². The number of nitrogens with one attached hydrogen (secondary N) is 2. The molecule has 1 saturated heterocycles. The highest BCUT2D eigenvalue weighted by Crippen LogP contribution is 2.32. The Bertz CT molecular complexity index is 304. The first-order valence-corrected chi connectivity index (χ1v) is 8.58. The van der Waals surface area contributed by atoms with Crippen LogP contribution in [0.15, 0.2) is 11.6 Å². The van der Waals surface area contributed by atoms with Crippen LogP contribution in [0.25, 0.3) is 0 Å². The first kappa shape index (κ1) is 13.6. The van der Waals surface area contributed by atoms with E-state index in [0.29, 0.717) is 0 Å². The summed E-state index contributed by atoms with van der Waals surface area (Å²) in [6.07, 6.45) is 16.4. The normalized spacial score (nSPS) is 35.6. The Morgan fingerprint density at radius 1 is 1.11 bits per heavy atom. The zero-order chi connectivity index (χ0) is 12.9. The Kier molecular flexibility index (Phi) is 4.95. The molecule has 3 aliphatic rings. The van der Waals surface area contributed by atoms with E-state index in [0.717, 1.165) is 18.0 Å². The molecule has 1 saturated carbocycles. The predicted octanol–water partition coefficient (Wildman–Crippen LogP) is 3.39. The topological polar surface area (TPSA) is 24.1 Å². The number of allylic oxidation sites excluding steroid dienone is 1. The maximum absolute atomic E-state index is 3.88. The summed E-state index contributed by atoms with van der Waals surface area (Å²) in [6, 6.07) is 1.61. The molecule has 3 unspecified atom stereocenters. The summed E-state index contributed by atoms with van der Waals surface area (Å²) in [4.78, 5) is 0. The van der Waals surface area contributed by atoms with Gasteiger partial charge in [0.15, 0.2) is 0 Å². The Balaban J connectivity index is 1.42. The van der Waals surface area contributed by atoms with E-state index < -0.39 is 0 Å². The van der Waals surface area contributed by atoms with Crippen molar-refractivity contribution in [1.82, 2.24) is 10.6 Å². The van der Waals surface area contributed by atoms with Gasteiger partial charge in [-0.05, 0) is 76.8 Å². The van der Waals surface area contributed by atoms with E-state index in [1.165, 1.54) is 77.3 Å². The average molecular weight is 262 g/mol. The molecule has 108 valence electrons.